The average Bonchev–Trinajstić information content (AvgIpc) is 2.16. The molecule has 0 N–H and O–H groups in total. The van der Waals surface area contributed by atoms with E-state index in [-0.39, 0.29) is 5.78 Å². The van der Waals surface area contributed by atoms with Crippen LogP contribution in [0.2, 0.25) is 0 Å². The molecule has 0 bridgehead atoms. The van der Waals surface area contributed by atoms with E-state index in [4.69, 9.17) is 6.42 Å². The average molecular weight is 172 g/mol. The van der Waals surface area contributed by atoms with E-state index >= 15 is 0 Å². The number of Topliss-reactive ketones (excluding diaryl/α,β-unsaturated/α-hetero) is 1. The summed E-state index contributed by atoms with van der Waals surface area (Å²) < 4.78 is 0. The molecule has 13 heavy (non-hydrogen) atoms. The Morgan fingerprint density at radius 2 is 2.15 bits per heavy atom. The molecule has 0 aromatic heterocycles. The van der Waals surface area contributed by atoms with E-state index in [1.165, 1.54) is 11.1 Å². The Balaban J connectivity index is 2.61. The van der Waals surface area contributed by atoms with Gasteiger partial charge in [0.2, 0.25) is 5.78 Å². The highest BCUT2D eigenvalue weighted by molar-refractivity contribution is 5.94. The van der Waals surface area contributed by atoms with Crippen molar-refractivity contribution in [2.45, 2.75) is 19.8 Å². The highest BCUT2D eigenvalue weighted by Crippen LogP contribution is 2.09. The van der Waals surface area contributed by atoms with E-state index in [0.29, 0.717) is 6.42 Å². The van der Waals surface area contributed by atoms with Gasteiger partial charge in [-0.05, 0) is 30.4 Å². The minimum Gasteiger partial charge on any atom is -0.285 e. The Labute approximate surface area is 78.8 Å². The molecule has 1 aromatic rings. The molecule has 1 nitrogen and oxygen atoms in total. The lowest BCUT2D eigenvalue weighted by molar-refractivity contribution is -0.113. The summed E-state index contributed by atoms with van der Waals surface area (Å²) in [5.74, 6) is 1.99. The van der Waals surface area contributed by atoms with Crippen LogP contribution in [0.25, 0.3) is 0 Å². The van der Waals surface area contributed by atoms with Gasteiger partial charge in [-0.3, -0.25) is 4.79 Å². The van der Waals surface area contributed by atoms with Crippen LogP contribution < -0.4 is 0 Å². The molecule has 0 unspecified atom stereocenters. The predicted octanol–water partition coefficient (Wildman–Crippen LogP) is 2.13. The minimum atomic E-state index is -0.122. The third kappa shape index (κ3) is 2.76. The molecular formula is C12H12O. The van der Waals surface area contributed by atoms with Gasteiger partial charge in [0.25, 0.3) is 0 Å². The molecule has 0 fully saturated rings. The molecule has 1 aromatic carbocycles. The lowest BCUT2D eigenvalue weighted by Gasteiger charge is -2.02. The number of terminal acetylenes is 1. The van der Waals surface area contributed by atoms with Crippen molar-refractivity contribution in [3.05, 3.63) is 35.4 Å². The Kier molecular flexibility index (Phi) is 3.28. The molecule has 0 amide bonds. The summed E-state index contributed by atoms with van der Waals surface area (Å²) in [6, 6.07) is 8.03. The van der Waals surface area contributed by atoms with E-state index < -0.39 is 0 Å². The summed E-state index contributed by atoms with van der Waals surface area (Å²) in [5, 5.41) is 0. The quantitative estimate of drug-likeness (QED) is 0.504. The Morgan fingerprint density at radius 1 is 1.46 bits per heavy atom. The van der Waals surface area contributed by atoms with Gasteiger partial charge in [-0.15, -0.1) is 6.42 Å². The van der Waals surface area contributed by atoms with Gasteiger partial charge in [-0.1, -0.05) is 24.3 Å². The summed E-state index contributed by atoms with van der Waals surface area (Å²) in [6.07, 6.45) is 6.17. The van der Waals surface area contributed by atoms with Crippen LogP contribution in [0.15, 0.2) is 24.3 Å². The summed E-state index contributed by atoms with van der Waals surface area (Å²) in [4.78, 5) is 10.9. The number of hydrogen-bond acceptors (Lipinski definition) is 1. The molecular weight excluding hydrogens is 160 g/mol. The summed E-state index contributed by atoms with van der Waals surface area (Å²) in [6.45, 7) is 2.04. The van der Waals surface area contributed by atoms with Crippen LogP contribution >= 0.6 is 0 Å². The Hall–Kier alpha value is -1.55. The molecule has 0 spiro atoms. The first-order valence-corrected chi connectivity index (χ1v) is 4.28. The van der Waals surface area contributed by atoms with Crippen LogP contribution in [0, 0.1) is 19.3 Å². The van der Waals surface area contributed by atoms with Crippen molar-refractivity contribution in [2.24, 2.45) is 0 Å². The van der Waals surface area contributed by atoms with Gasteiger partial charge >= 0.3 is 0 Å². The minimum absolute atomic E-state index is 0.122. The Bertz CT molecular complexity index is 344. The SMILES string of the molecule is C#CC(=O)CCc1ccccc1C. The maximum Gasteiger partial charge on any atom is 0.205 e. The zero-order valence-electron chi connectivity index (χ0n) is 7.71. The highest BCUT2D eigenvalue weighted by Gasteiger charge is 2.00. The van der Waals surface area contributed by atoms with E-state index in [9.17, 15) is 4.79 Å². The third-order valence-corrected chi connectivity index (χ3v) is 2.04. The van der Waals surface area contributed by atoms with Gasteiger partial charge < -0.3 is 0 Å². The summed E-state index contributed by atoms with van der Waals surface area (Å²) in [7, 11) is 0. The van der Waals surface area contributed by atoms with Crippen molar-refractivity contribution in [1.82, 2.24) is 0 Å². The van der Waals surface area contributed by atoms with Crippen LogP contribution in [-0.2, 0) is 11.2 Å². The van der Waals surface area contributed by atoms with Crippen molar-refractivity contribution in [3.8, 4) is 12.3 Å². The molecule has 0 aliphatic rings. The van der Waals surface area contributed by atoms with Crippen molar-refractivity contribution < 1.29 is 4.79 Å². The molecule has 0 aliphatic heterocycles. The number of ketones is 1. The number of rotatable bonds is 3. The zero-order valence-corrected chi connectivity index (χ0v) is 7.71. The van der Waals surface area contributed by atoms with Gasteiger partial charge in [0, 0.05) is 6.42 Å². The van der Waals surface area contributed by atoms with Crippen molar-refractivity contribution in [2.75, 3.05) is 0 Å². The monoisotopic (exact) mass is 172 g/mol. The fourth-order valence-corrected chi connectivity index (χ4v) is 1.21. The molecule has 0 aliphatic carbocycles. The second-order valence-corrected chi connectivity index (χ2v) is 2.99. The standard InChI is InChI=1S/C12H12O/c1-3-12(13)9-8-11-7-5-4-6-10(11)2/h1,4-7H,8-9H2,2H3. The third-order valence-electron chi connectivity index (χ3n) is 2.04. The molecule has 0 saturated carbocycles. The van der Waals surface area contributed by atoms with E-state index in [1.54, 1.807) is 0 Å². The highest BCUT2D eigenvalue weighted by atomic mass is 16.1. The van der Waals surface area contributed by atoms with E-state index in [1.807, 2.05) is 31.2 Å². The van der Waals surface area contributed by atoms with Gasteiger partial charge in [0.15, 0.2) is 0 Å². The van der Waals surface area contributed by atoms with Crippen LogP contribution in [0.4, 0.5) is 0 Å². The summed E-state index contributed by atoms with van der Waals surface area (Å²) in [5.41, 5.74) is 2.42. The molecule has 66 valence electrons. The first-order valence-electron chi connectivity index (χ1n) is 4.28. The van der Waals surface area contributed by atoms with E-state index in [0.717, 1.165) is 6.42 Å². The summed E-state index contributed by atoms with van der Waals surface area (Å²) >= 11 is 0. The molecule has 0 atom stereocenters. The fourth-order valence-electron chi connectivity index (χ4n) is 1.21. The Morgan fingerprint density at radius 3 is 2.77 bits per heavy atom. The second-order valence-electron chi connectivity index (χ2n) is 2.99. The molecule has 0 saturated heterocycles. The maximum absolute atomic E-state index is 10.9. The van der Waals surface area contributed by atoms with Gasteiger partial charge in [0.05, 0.1) is 0 Å². The van der Waals surface area contributed by atoms with Crippen LogP contribution in [0.3, 0.4) is 0 Å². The normalized spacial score (nSPS) is 9.23. The molecule has 0 heterocycles. The predicted molar refractivity (Wildman–Crippen MR) is 53.3 cm³/mol. The molecule has 0 radical (unpaired) electrons. The van der Waals surface area contributed by atoms with Gasteiger partial charge in [-0.2, -0.15) is 0 Å². The van der Waals surface area contributed by atoms with Crippen molar-refractivity contribution in [1.29, 1.82) is 0 Å². The van der Waals surface area contributed by atoms with E-state index in [2.05, 4.69) is 5.92 Å². The molecule has 1 heteroatoms. The second kappa shape index (κ2) is 4.47. The van der Waals surface area contributed by atoms with Gasteiger partial charge in [-0.25, -0.2) is 0 Å². The number of carbonyl (C=O) groups is 1. The first-order chi connectivity index (χ1) is 6.24. The fraction of sp³-hybridized carbons (Fsp3) is 0.250. The zero-order chi connectivity index (χ0) is 9.68. The van der Waals surface area contributed by atoms with Crippen molar-refractivity contribution in [3.63, 3.8) is 0 Å². The van der Waals surface area contributed by atoms with Gasteiger partial charge in [0.1, 0.15) is 0 Å². The number of benzene rings is 1. The lowest BCUT2D eigenvalue weighted by atomic mass is 10.0. The number of hydrogen-bond donors (Lipinski definition) is 0. The smallest absolute Gasteiger partial charge is 0.205 e. The van der Waals surface area contributed by atoms with Crippen LogP contribution in [0.1, 0.15) is 17.5 Å². The lowest BCUT2D eigenvalue weighted by Crippen LogP contribution is -1.97. The number of carbonyl (C=O) groups excluding carboxylic acids is 1. The van der Waals surface area contributed by atoms with Crippen molar-refractivity contribution >= 4 is 5.78 Å². The van der Waals surface area contributed by atoms with Crippen LogP contribution in [-0.4, -0.2) is 5.78 Å². The number of aryl methyl sites for hydroxylation is 2. The molecule has 1 rings (SSSR count). The largest absolute Gasteiger partial charge is 0.285 e. The maximum atomic E-state index is 10.9. The first kappa shape index (κ1) is 9.54. The van der Waals surface area contributed by atoms with Crippen LogP contribution in [0.5, 0.6) is 0 Å². The topological polar surface area (TPSA) is 17.1 Å².